The number of benzene rings is 4. The SMILES string of the molecule is Cc1ccc(C)c(OCC(=O)N/N=C\c2c3ccccc3cc3ccccc23)c1. The van der Waals surface area contributed by atoms with E-state index in [-0.39, 0.29) is 12.5 Å². The topological polar surface area (TPSA) is 50.7 Å². The van der Waals surface area contributed by atoms with Crippen LogP contribution in [0, 0.1) is 13.8 Å². The smallest absolute Gasteiger partial charge is 0.277 e. The lowest BCUT2D eigenvalue weighted by Gasteiger charge is -2.09. The van der Waals surface area contributed by atoms with Crippen LogP contribution >= 0.6 is 0 Å². The first-order valence-corrected chi connectivity index (χ1v) is 9.54. The van der Waals surface area contributed by atoms with Gasteiger partial charge >= 0.3 is 0 Å². The van der Waals surface area contributed by atoms with E-state index >= 15 is 0 Å². The van der Waals surface area contributed by atoms with E-state index < -0.39 is 0 Å². The molecule has 4 rings (SSSR count). The van der Waals surface area contributed by atoms with Gasteiger partial charge in [0.15, 0.2) is 6.61 Å². The second-order valence-corrected chi connectivity index (χ2v) is 7.08. The molecule has 0 saturated heterocycles. The largest absolute Gasteiger partial charge is 0.483 e. The molecule has 0 aliphatic carbocycles. The lowest BCUT2D eigenvalue weighted by molar-refractivity contribution is -0.123. The van der Waals surface area contributed by atoms with Gasteiger partial charge in [-0.2, -0.15) is 5.10 Å². The first-order valence-electron chi connectivity index (χ1n) is 9.54. The molecule has 29 heavy (non-hydrogen) atoms. The van der Waals surface area contributed by atoms with E-state index in [0.29, 0.717) is 5.75 Å². The van der Waals surface area contributed by atoms with Crippen molar-refractivity contribution in [3.8, 4) is 5.75 Å². The van der Waals surface area contributed by atoms with Crippen LogP contribution < -0.4 is 10.2 Å². The molecule has 4 nitrogen and oxygen atoms in total. The van der Waals surface area contributed by atoms with Crippen molar-refractivity contribution in [3.63, 3.8) is 0 Å². The third-order valence-corrected chi connectivity index (χ3v) is 4.90. The lowest BCUT2D eigenvalue weighted by Crippen LogP contribution is -2.24. The minimum Gasteiger partial charge on any atom is -0.483 e. The van der Waals surface area contributed by atoms with Crippen molar-refractivity contribution in [3.05, 3.63) is 89.5 Å². The molecule has 1 amide bonds. The Morgan fingerprint density at radius 1 is 0.931 bits per heavy atom. The van der Waals surface area contributed by atoms with Crippen LogP contribution in [0.2, 0.25) is 0 Å². The van der Waals surface area contributed by atoms with Crippen LogP contribution in [0.4, 0.5) is 0 Å². The molecule has 0 aliphatic heterocycles. The number of nitrogens with zero attached hydrogens (tertiary/aromatic N) is 1. The summed E-state index contributed by atoms with van der Waals surface area (Å²) in [5.74, 6) is 0.413. The Morgan fingerprint density at radius 2 is 1.59 bits per heavy atom. The van der Waals surface area contributed by atoms with Gasteiger partial charge in [-0.3, -0.25) is 4.79 Å². The second-order valence-electron chi connectivity index (χ2n) is 7.08. The molecule has 0 spiro atoms. The van der Waals surface area contributed by atoms with E-state index in [1.165, 1.54) is 0 Å². The van der Waals surface area contributed by atoms with Gasteiger partial charge < -0.3 is 4.74 Å². The van der Waals surface area contributed by atoms with Gasteiger partial charge in [-0.1, -0.05) is 60.7 Å². The average Bonchev–Trinajstić information content (AvgIpc) is 2.74. The van der Waals surface area contributed by atoms with Gasteiger partial charge in [0, 0.05) is 5.56 Å². The molecule has 0 unspecified atom stereocenters. The summed E-state index contributed by atoms with van der Waals surface area (Å²) in [7, 11) is 0. The molecule has 0 aromatic heterocycles. The number of carbonyl (C=O) groups is 1. The van der Waals surface area contributed by atoms with Crippen molar-refractivity contribution in [1.82, 2.24) is 5.43 Å². The van der Waals surface area contributed by atoms with Gasteiger partial charge in [0.05, 0.1) is 6.21 Å². The van der Waals surface area contributed by atoms with Crippen molar-refractivity contribution in [2.24, 2.45) is 5.10 Å². The van der Waals surface area contributed by atoms with Crippen molar-refractivity contribution >= 4 is 33.7 Å². The highest BCUT2D eigenvalue weighted by Gasteiger charge is 2.07. The number of rotatable bonds is 5. The van der Waals surface area contributed by atoms with Gasteiger partial charge in [-0.25, -0.2) is 5.43 Å². The van der Waals surface area contributed by atoms with Crippen LogP contribution in [0.15, 0.2) is 77.9 Å². The molecular weight excluding hydrogens is 360 g/mol. The van der Waals surface area contributed by atoms with Crippen LogP contribution in [0.3, 0.4) is 0 Å². The zero-order valence-corrected chi connectivity index (χ0v) is 16.5. The Balaban J connectivity index is 1.52. The lowest BCUT2D eigenvalue weighted by atomic mass is 9.97. The van der Waals surface area contributed by atoms with Crippen LogP contribution in [-0.4, -0.2) is 18.7 Å². The highest BCUT2D eigenvalue weighted by molar-refractivity contribution is 6.13. The Morgan fingerprint density at radius 3 is 2.28 bits per heavy atom. The molecule has 0 bridgehead atoms. The molecule has 0 fully saturated rings. The zero-order chi connectivity index (χ0) is 20.2. The van der Waals surface area contributed by atoms with Gasteiger partial charge in [-0.05, 0) is 58.7 Å². The Labute approximate surface area is 169 Å². The summed E-state index contributed by atoms with van der Waals surface area (Å²) >= 11 is 0. The van der Waals surface area contributed by atoms with E-state index in [1.807, 2.05) is 56.3 Å². The Bertz CT molecular complexity index is 1170. The summed E-state index contributed by atoms with van der Waals surface area (Å²) in [5, 5.41) is 8.65. The predicted octanol–water partition coefficient (Wildman–Crippen LogP) is 5.14. The van der Waals surface area contributed by atoms with Crippen LogP contribution in [0.5, 0.6) is 5.75 Å². The van der Waals surface area contributed by atoms with E-state index in [4.69, 9.17) is 4.74 Å². The summed E-state index contributed by atoms with van der Waals surface area (Å²) < 4.78 is 5.64. The number of carbonyl (C=O) groups excluding carboxylic acids is 1. The highest BCUT2D eigenvalue weighted by Crippen LogP contribution is 2.27. The van der Waals surface area contributed by atoms with Gasteiger partial charge in [-0.15, -0.1) is 0 Å². The number of hydrazone groups is 1. The number of amides is 1. The molecule has 0 saturated carbocycles. The third-order valence-electron chi connectivity index (χ3n) is 4.90. The molecular formula is C25H22N2O2. The van der Waals surface area contributed by atoms with Crippen LogP contribution in [-0.2, 0) is 4.79 Å². The monoisotopic (exact) mass is 382 g/mol. The summed E-state index contributed by atoms with van der Waals surface area (Å²) in [6, 6.07) is 24.4. The third kappa shape index (κ3) is 4.11. The van der Waals surface area contributed by atoms with Crippen LogP contribution in [0.1, 0.15) is 16.7 Å². The molecule has 4 aromatic rings. The first kappa shape index (κ1) is 18.7. The maximum absolute atomic E-state index is 12.2. The molecule has 4 heteroatoms. The van der Waals surface area contributed by atoms with Gasteiger partial charge in [0.1, 0.15) is 5.75 Å². The molecule has 0 heterocycles. The fourth-order valence-corrected chi connectivity index (χ4v) is 3.40. The molecule has 1 N–H and O–H groups in total. The van der Waals surface area contributed by atoms with E-state index in [2.05, 4.69) is 40.9 Å². The number of nitrogens with one attached hydrogen (secondary N) is 1. The van der Waals surface area contributed by atoms with E-state index in [1.54, 1.807) is 6.21 Å². The van der Waals surface area contributed by atoms with E-state index in [0.717, 1.165) is 38.2 Å². The molecule has 0 radical (unpaired) electrons. The standard InChI is InChI=1S/C25H22N2O2/c1-17-11-12-18(2)24(13-17)29-16-25(28)27-26-15-23-21-9-5-3-7-19(21)14-20-8-4-6-10-22(20)23/h3-15H,16H2,1-2H3,(H,27,28)/b26-15-. The molecule has 4 aromatic carbocycles. The molecule has 0 atom stereocenters. The fraction of sp³-hybridized carbons (Fsp3) is 0.120. The Kier molecular flexibility index (Phi) is 5.25. The minimum atomic E-state index is -0.299. The first-order chi connectivity index (χ1) is 14.1. The summed E-state index contributed by atoms with van der Waals surface area (Å²) in [5.41, 5.74) is 5.64. The summed E-state index contributed by atoms with van der Waals surface area (Å²) in [6.07, 6.45) is 1.71. The summed E-state index contributed by atoms with van der Waals surface area (Å²) in [4.78, 5) is 12.2. The van der Waals surface area contributed by atoms with Gasteiger partial charge in [0.25, 0.3) is 5.91 Å². The number of hydrogen-bond acceptors (Lipinski definition) is 3. The maximum Gasteiger partial charge on any atom is 0.277 e. The zero-order valence-electron chi connectivity index (χ0n) is 16.5. The number of hydrogen-bond donors (Lipinski definition) is 1. The maximum atomic E-state index is 12.2. The number of ether oxygens (including phenoxy) is 1. The van der Waals surface area contributed by atoms with Gasteiger partial charge in [0.2, 0.25) is 0 Å². The van der Waals surface area contributed by atoms with Crippen molar-refractivity contribution in [1.29, 1.82) is 0 Å². The Hall–Kier alpha value is -3.66. The quantitative estimate of drug-likeness (QED) is 0.295. The normalized spacial score (nSPS) is 11.2. The van der Waals surface area contributed by atoms with E-state index in [9.17, 15) is 4.79 Å². The number of fused-ring (bicyclic) bond motifs is 2. The highest BCUT2D eigenvalue weighted by atomic mass is 16.5. The van der Waals surface area contributed by atoms with Crippen molar-refractivity contribution in [2.75, 3.05) is 6.61 Å². The van der Waals surface area contributed by atoms with Crippen molar-refractivity contribution < 1.29 is 9.53 Å². The number of aryl methyl sites for hydroxylation is 2. The van der Waals surface area contributed by atoms with Crippen molar-refractivity contribution in [2.45, 2.75) is 13.8 Å². The average molecular weight is 382 g/mol. The summed E-state index contributed by atoms with van der Waals surface area (Å²) in [6.45, 7) is 3.86. The molecule has 144 valence electrons. The second kappa shape index (κ2) is 8.15. The van der Waals surface area contributed by atoms with Crippen LogP contribution in [0.25, 0.3) is 21.5 Å². The minimum absolute atomic E-state index is 0.0854. The molecule has 0 aliphatic rings. The predicted molar refractivity (Wildman–Crippen MR) is 119 cm³/mol. The fourth-order valence-electron chi connectivity index (χ4n) is 3.40.